The van der Waals surface area contributed by atoms with E-state index in [1.807, 2.05) is 48.5 Å². The molecular formula is C26H26F2N2O5. The first kappa shape index (κ1) is 23.3. The summed E-state index contributed by atoms with van der Waals surface area (Å²) in [5.74, 6) is -5.56. The lowest BCUT2D eigenvalue weighted by Gasteiger charge is -2.27. The number of likely N-dealkylation sites (tertiary alicyclic amines) is 1. The summed E-state index contributed by atoms with van der Waals surface area (Å²) in [5.41, 5.74) is 4.23. The van der Waals surface area contributed by atoms with Crippen LogP contribution in [0.25, 0.3) is 11.1 Å². The number of nitrogens with zero attached hydrogens (tertiary/aromatic N) is 1. The average molecular weight is 484 g/mol. The molecule has 2 aromatic carbocycles. The van der Waals surface area contributed by atoms with E-state index in [4.69, 9.17) is 4.74 Å². The molecule has 1 aliphatic heterocycles. The number of aliphatic carboxylic acids is 1. The van der Waals surface area contributed by atoms with Crippen LogP contribution in [0.5, 0.6) is 0 Å². The summed E-state index contributed by atoms with van der Waals surface area (Å²) >= 11 is 0. The van der Waals surface area contributed by atoms with Gasteiger partial charge in [0.15, 0.2) is 0 Å². The van der Waals surface area contributed by atoms with Gasteiger partial charge in [0, 0.05) is 12.3 Å². The van der Waals surface area contributed by atoms with Gasteiger partial charge in [-0.05, 0) is 34.6 Å². The van der Waals surface area contributed by atoms with Gasteiger partial charge < -0.3 is 20.1 Å². The Morgan fingerprint density at radius 1 is 1.06 bits per heavy atom. The number of hydrogen-bond acceptors (Lipinski definition) is 4. The second-order valence-corrected chi connectivity index (χ2v) is 9.58. The molecule has 1 saturated carbocycles. The third-order valence-corrected chi connectivity index (χ3v) is 7.04. The zero-order valence-corrected chi connectivity index (χ0v) is 19.0. The highest BCUT2D eigenvalue weighted by Crippen LogP contribution is 2.44. The normalized spacial score (nSPS) is 21.2. The molecule has 2 fully saturated rings. The second kappa shape index (κ2) is 8.94. The number of carboxylic acid groups (broad SMARTS) is 1. The number of hydrogen-bond donors (Lipinski definition) is 2. The Bertz CT molecular complexity index is 1120. The molecule has 0 aromatic heterocycles. The number of alkyl halides is 2. The van der Waals surface area contributed by atoms with E-state index in [0.29, 0.717) is 4.90 Å². The van der Waals surface area contributed by atoms with Crippen LogP contribution in [-0.4, -0.2) is 59.1 Å². The van der Waals surface area contributed by atoms with Crippen molar-refractivity contribution >= 4 is 18.0 Å². The molecule has 184 valence electrons. The third-order valence-electron chi connectivity index (χ3n) is 7.04. The minimum Gasteiger partial charge on any atom is -0.480 e. The number of amides is 2. The van der Waals surface area contributed by atoms with Crippen LogP contribution < -0.4 is 5.32 Å². The molecule has 2 aliphatic carbocycles. The van der Waals surface area contributed by atoms with Gasteiger partial charge in [-0.25, -0.2) is 18.4 Å². The Morgan fingerprint density at radius 2 is 1.66 bits per heavy atom. The van der Waals surface area contributed by atoms with Crippen LogP contribution in [0, 0.1) is 5.92 Å². The van der Waals surface area contributed by atoms with E-state index in [1.54, 1.807) is 0 Å². The predicted octanol–water partition coefficient (Wildman–Crippen LogP) is 4.01. The van der Waals surface area contributed by atoms with Crippen molar-refractivity contribution in [3.63, 3.8) is 0 Å². The van der Waals surface area contributed by atoms with Crippen LogP contribution in [-0.2, 0) is 14.3 Å². The molecule has 2 atom stereocenters. The summed E-state index contributed by atoms with van der Waals surface area (Å²) in [7, 11) is 0. The third kappa shape index (κ3) is 4.72. The van der Waals surface area contributed by atoms with Crippen molar-refractivity contribution in [1.82, 2.24) is 10.2 Å². The zero-order chi connectivity index (χ0) is 24.7. The molecular weight excluding hydrogens is 458 g/mol. The Kier molecular flexibility index (Phi) is 5.94. The van der Waals surface area contributed by atoms with E-state index < -0.39 is 48.9 Å². The van der Waals surface area contributed by atoms with Crippen LogP contribution >= 0.6 is 0 Å². The lowest BCUT2D eigenvalue weighted by atomic mass is 9.98. The highest BCUT2D eigenvalue weighted by Gasteiger charge is 2.51. The molecule has 2 amide bonds. The summed E-state index contributed by atoms with van der Waals surface area (Å²) in [4.78, 5) is 38.0. The Hall–Kier alpha value is -3.49. The molecule has 1 unspecified atom stereocenters. The lowest BCUT2D eigenvalue weighted by molar-refractivity contribution is -0.149. The predicted molar refractivity (Wildman–Crippen MR) is 122 cm³/mol. The van der Waals surface area contributed by atoms with Crippen molar-refractivity contribution < 1.29 is 33.0 Å². The number of carboxylic acids is 1. The average Bonchev–Trinajstić information content (AvgIpc) is 3.50. The van der Waals surface area contributed by atoms with Crippen LogP contribution in [0.2, 0.25) is 0 Å². The monoisotopic (exact) mass is 484 g/mol. The SMILES string of the molecule is O=C(NC(CC1CC1)C(=O)N1CC(F)(F)C[C@H]1C(=O)O)OCC1c2ccccc2-c2ccccc21. The van der Waals surface area contributed by atoms with Crippen molar-refractivity contribution in [2.75, 3.05) is 13.2 Å². The molecule has 3 aliphatic rings. The molecule has 1 saturated heterocycles. The van der Waals surface area contributed by atoms with Crippen molar-refractivity contribution in [2.45, 2.75) is 49.6 Å². The number of carbonyl (C=O) groups is 3. The largest absolute Gasteiger partial charge is 0.480 e. The fourth-order valence-corrected chi connectivity index (χ4v) is 5.16. The van der Waals surface area contributed by atoms with Crippen molar-refractivity contribution in [2.24, 2.45) is 5.92 Å². The first-order chi connectivity index (χ1) is 16.7. The van der Waals surface area contributed by atoms with Gasteiger partial charge in [-0.3, -0.25) is 4.79 Å². The van der Waals surface area contributed by atoms with Crippen molar-refractivity contribution in [1.29, 1.82) is 0 Å². The van der Waals surface area contributed by atoms with Gasteiger partial charge in [-0.1, -0.05) is 61.4 Å². The molecule has 9 heteroatoms. The summed E-state index contributed by atoms with van der Waals surface area (Å²) in [6.45, 7) is -0.930. The summed E-state index contributed by atoms with van der Waals surface area (Å²) in [5, 5.41) is 11.9. The highest BCUT2D eigenvalue weighted by molar-refractivity contribution is 5.90. The van der Waals surface area contributed by atoms with E-state index in [0.717, 1.165) is 35.1 Å². The summed E-state index contributed by atoms with van der Waals surface area (Å²) in [6.07, 6.45) is 0.236. The quantitative estimate of drug-likeness (QED) is 0.619. The number of fused-ring (bicyclic) bond motifs is 3. The molecule has 1 heterocycles. The molecule has 7 nitrogen and oxygen atoms in total. The van der Waals surface area contributed by atoms with Crippen LogP contribution in [0.15, 0.2) is 48.5 Å². The standard InChI is InChI=1S/C26H26F2N2O5/c27-26(28)12-22(24(32)33)30(14-26)23(31)21(11-15-9-10-15)29-25(34)35-13-20-18-7-3-1-5-16(18)17-6-2-4-8-19(17)20/h1-8,15,20-22H,9-14H2,(H,29,34)(H,32,33)/t21?,22-/m0/s1. The summed E-state index contributed by atoms with van der Waals surface area (Å²) < 4.78 is 33.4. The molecule has 0 radical (unpaired) electrons. The fraction of sp³-hybridized carbons (Fsp3) is 0.423. The number of halogens is 2. The molecule has 0 bridgehead atoms. The smallest absolute Gasteiger partial charge is 0.407 e. The molecule has 2 N–H and O–H groups in total. The molecule has 2 aromatic rings. The number of ether oxygens (including phenoxy) is 1. The number of alkyl carbamates (subject to hydrolysis) is 1. The maximum Gasteiger partial charge on any atom is 0.407 e. The van der Waals surface area contributed by atoms with Crippen LogP contribution in [0.1, 0.15) is 42.7 Å². The fourth-order valence-electron chi connectivity index (χ4n) is 5.16. The molecule has 35 heavy (non-hydrogen) atoms. The van der Waals surface area contributed by atoms with E-state index in [-0.39, 0.29) is 24.9 Å². The number of carbonyl (C=O) groups excluding carboxylic acids is 2. The van der Waals surface area contributed by atoms with Crippen LogP contribution in [0.4, 0.5) is 13.6 Å². The first-order valence-corrected chi connectivity index (χ1v) is 11.8. The maximum absolute atomic E-state index is 13.9. The van der Waals surface area contributed by atoms with Crippen molar-refractivity contribution in [3.05, 3.63) is 59.7 Å². The molecule has 5 rings (SSSR count). The van der Waals surface area contributed by atoms with E-state index >= 15 is 0 Å². The van der Waals surface area contributed by atoms with Gasteiger partial charge >= 0.3 is 12.1 Å². The van der Waals surface area contributed by atoms with Gasteiger partial charge in [-0.15, -0.1) is 0 Å². The number of rotatable bonds is 7. The van der Waals surface area contributed by atoms with Gasteiger partial charge in [0.25, 0.3) is 5.92 Å². The van der Waals surface area contributed by atoms with E-state index in [2.05, 4.69) is 5.32 Å². The molecule has 0 spiro atoms. The Labute approximate surface area is 201 Å². The zero-order valence-electron chi connectivity index (χ0n) is 19.0. The van der Waals surface area contributed by atoms with E-state index in [9.17, 15) is 28.3 Å². The maximum atomic E-state index is 13.9. The van der Waals surface area contributed by atoms with Crippen LogP contribution in [0.3, 0.4) is 0 Å². The Morgan fingerprint density at radius 3 is 2.23 bits per heavy atom. The summed E-state index contributed by atoms with van der Waals surface area (Å²) in [6, 6.07) is 13.0. The lowest BCUT2D eigenvalue weighted by Crippen LogP contribution is -2.52. The Balaban J connectivity index is 1.28. The highest BCUT2D eigenvalue weighted by atomic mass is 19.3. The van der Waals surface area contributed by atoms with Gasteiger partial charge in [0.1, 0.15) is 18.7 Å². The number of benzene rings is 2. The first-order valence-electron chi connectivity index (χ1n) is 11.8. The topological polar surface area (TPSA) is 95.9 Å². The van der Waals surface area contributed by atoms with Gasteiger partial charge in [-0.2, -0.15) is 0 Å². The van der Waals surface area contributed by atoms with E-state index in [1.165, 1.54) is 0 Å². The van der Waals surface area contributed by atoms with Gasteiger partial charge in [0.2, 0.25) is 5.91 Å². The van der Waals surface area contributed by atoms with Crippen molar-refractivity contribution in [3.8, 4) is 11.1 Å². The van der Waals surface area contributed by atoms with Gasteiger partial charge in [0.05, 0.1) is 6.54 Å². The number of nitrogens with one attached hydrogen (secondary N) is 1. The minimum absolute atomic E-state index is 0.0454. The second-order valence-electron chi connectivity index (χ2n) is 9.58. The minimum atomic E-state index is -3.29.